The van der Waals surface area contributed by atoms with Crippen LogP contribution in [-0.4, -0.2) is 0 Å². The van der Waals surface area contributed by atoms with E-state index in [0.717, 1.165) is 25.7 Å². The molecule has 3 aliphatic carbocycles. The molecule has 0 saturated heterocycles. The molecule has 0 saturated carbocycles. The van der Waals surface area contributed by atoms with Gasteiger partial charge in [0.2, 0.25) is 0 Å². The first-order valence-electron chi connectivity index (χ1n) is 20.2. The van der Waals surface area contributed by atoms with E-state index in [-0.39, 0.29) is 10.8 Å². The number of aryl methyl sites for hydroxylation is 2. The summed E-state index contributed by atoms with van der Waals surface area (Å²) < 4.78 is 0. The maximum Gasteiger partial charge on any atom is 0.0540 e. The number of rotatable bonds is 6. The van der Waals surface area contributed by atoms with Crippen molar-refractivity contribution in [3.63, 3.8) is 0 Å². The molecule has 0 unspecified atom stereocenters. The summed E-state index contributed by atoms with van der Waals surface area (Å²) >= 11 is 0. The first-order chi connectivity index (χ1) is 27.5. The summed E-state index contributed by atoms with van der Waals surface area (Å²) in [6.45, 7) is 4.76. The summed E-state index contributed by atoms with van der Waals surface area (Å²) in [5.74, 6) is 0. The predicted molar refractivity (Wildman–Crippen MR) is 235 cm³/mol. The Balaban J connectivity index is 1.07. The first kappa shape index (κ1) is 33.0. The zero-order valence-corrected chi connectivity index (χ0v) is 32.0. The van der Waals surface area contributed by atoms with E-state index < -0.39 is 0 Å². The van der Waals surface area contributed by atoms with Crippen LogP contribution in [0.2, 0.25) is 0 Å². The van der Waals surface area contributed by atoms with Gasteiger partial charge >= 0.3 is 0 Å². The first-order valence-corrected chi connectivity index (χ1v) is 20.2. The van der Waals surface area contributed by atoms with Crippen LogP contribution in [0.15, 0.2) is 182 Å². The van der Waals surface area contributed by atoms with Gasteiger partial charge in [-0.25, -0.2) is 0 Å². The Labute approximate surface area is 330 Å². The molecule has 0 aliphatic heterocycles. The van der Waals surface area contributed by atoms with E-state index in [1.165, 1.54) is 89.4 Å². The van der Waals surface area contributed by atoms with Crippen molar-refractivity contribution >= 4 is 44.9 Å². The third-order valence-electron chi connectivity index (χ3n) is 13.2. The van der Waals surface area contributed by atoms with Gasteiger partial charge < -0.3 is 9.80 Å². The van der Waals surface area contributed by atoms with Crippen molar-refractivity contribution in [1.29, 1.82) is 0 Å². The fourth-order valence-corrected chi connectivity index (χ4v) is 10.5. The number of hydrogen-bond acceptors (Lipinski definition) is 2. The molecular formula is C54H44N2. The third-order valence-corrected chi connectivity index (χ3v) is 13.2. The summed E-state index contributed by atoms with van der Waals surface area (Å²) in [6.07, 6.45) is 4.47. The molecule has 56 heavy (non-hydrogen) atoms. The molecular weight excluding hydrogens is 677 g/mol. The molecule has 0 radical (unpaired) electrons. The molecule has 2 heteroatoms. The molecule has 2 nitrogen and oxygen atoms in total. The lowest BCUT2D eigenvalue weighted by Crippen LogP contribution is -2.22. The topological polar surface area (TPSA) is 6.48 Å². The zero-order chi connectivity index (χ0) is 37.4. The molecule has 0 heterocycles. The maximum absolute atomic E-state index is 2.56. The SMILES string of the molecule is CC1(C)c2ccccc2-c2ccc(N(c3ccc4c(c3)[C@]3(CCc5ccc(N(c6ccccc6)c6ccccc6)cc53)CC4)c3cccc4ccccc34)cc21. The van der Waals surface area contributed by atoms with Crippen molar-refractivity contribution in [1.82, 2.24) is 0 Å². The highest BCUT2D eigenvalue weighted by Crippen LogP contribution is 2.56. The van der Waals surface area contributed by atoms with Crippen LogP contribution >= 0.6 is 0 Å². The molecule has 0 bridgehead atoms. The standard InChI is InChI=1S/C54H44N2/c1-53(2)48-22-12-11-21-46(48)47-29-28-44(36-51(47)53)56(52-23-13-15-37-14-9-10-20-45(37)52)43-27-25-39-31-33-54(50(39)35-43)32-30-38-24-26-42(34-49(38)54)55(40-16-5-3-6-17-40)41-18-7-4-8-19-41/h3-29,34-36H,30-33H2,1-2H3/t54-/m1/s1. The van der Waals surface area contributed by atoms with Crippen molar-refractivity contribution in [3.8, 4) is 11.1 Å². The molecule has 0 fully saturated rings. The smallest absolute Gasteiger partial charge is 0.0540 e. The lowest BCUT2D eigenvalue weighted by atomic mass is 9.76. The minimum atomic E-state index is -0.0903. The molecule has 270 valence electrons. The van der Waals surface area contributed by atoms with Gasteiger partial charge in [-0.1, -0.05) is 129 Å². The van der Waals surface area contributed by atoms with Gasteiger partial charge in [0.05, 0.1) is 5.69 Å². The van der Waals surface area contributed by atoms with Gasteiger partial charge in [0.15, 0.2) is 0 Å². The zero-order valence-electron chi connectivity index (χ0n) is 32.0. The lowest BCUT2D eigenvalue weighted by Gasteiger charge is -2.32. The predicted octanol–water partition coefficient (Wildman–Crippen LogP) is 14.3. The Morgan fingerprint density at radius 1 is 0.393 bits per heavy atom. The summed E-state index contributed by atoms with van der Waals surface area (Å²) in [5, 5.41) is 2.51. The Morgan fingerprint density at radius 2 is 0.911 bits per heavy atom. The van der Waals surface area contributed by atoms with Crippen molar-refractivity contribution in [3.05, 3.63) is 215 Å². The van der Waals surface area contributed by atoms with Crippen LogP contribution in [0, 0.1) is 0 Å². The number of anilines is 6. The van der Waals surface area contributed by atoms with Gasteiger partial charge in [-0.15, -0.1) is 0 Å². The Kier molecular flexibility index (Phi) is 7.41. The number of fused-ring (bicyclic) bond motifs is 8. The highest BCUT2D eigenvalue weighted by atomic mass is 15.1. The van der Waals surface area contributed by atoms with Gasteiger partial charge in [0.1, 0.15) is 0 Å². The van der Waals surface area contributed by atoms with Gasteiger partial charge in [-0.3, -0.25) is 0 Å². The lowest BCUT2D eigenvalue weighted by molar-refractivity contribution is 0.507. The summed E-state index contributed by atoms with van der Waals surface area (Å²) in [6, 6.07) is 68.0. The van der Waals surface area contributed by atoms with Gasteiger partial charge in [0, 0.05) is 44.7 Å². The molecule has 8 aromatic rings. The highest BCUT2D eigenvalue weighted by molar-refractivity contribution is 5.99. The second kappa shape index (κ2) is 12.6. The molecule has 0 amide bonds. The molecule has 0 aromatic heterocycles. The van der Waals surface area contributed by atoms with Crippen molar-refractivity contribution in [2.75, 3.05) is 9.80 Å². The molecule has 11 rings (SSSR count). The van der Waals surface area contributed by atoms with Gasteiger partial charge in [-0.05, 0) is 142 Å². The highest BCUT2D eigenvalue weighted by Gasteiger charge is 2.45. The quantitative estimate of drug-likeness (QED) is 0.169. The normalized spacial score (nSPS) is 17.0. The van der Waals surface area contributed by atoms with E-state index in [2.05, 4.69) is 206 Å². The third kappa shape index (κ3) is 4.95. The van der Waals surface area contributed by atoms with Crippen LogP contribution in [0.3, 0.4) is 0 Å². The fraction of sp³-hybridized carbons (Fsp3) is 0.148. The largest absolute Gasteiger partial charge is 0.310 e. The number of nitrogens with zero attached hydrogens (tertiary/aromatic N) is 2. The van der Waals surface area contributed by atoms with E-state index in [4.69, 9.17) is 0 Å². The van der Waals surface area contributed by atoms with Crippen LogP contribution in [-0.2, 0) is 23.7 Å². The fourth-order valence-electron chi connectivity index (χ4n) is 10.5. The van der Waals surface area contributed by atoms with E-state index in [1.54, 1.807) is 0 Å². The number of benzene rings is 8. The van der Waals surface area contributed by atoms with Crippen LogP contribution in [0.25, 0.3) is 21.9 Å². The Hall–Kier alpha value is -6.38. The van der Waals surface area contributed by atoms with Crippen molar-refractivity contribution in [2.24, 2.45) is 0 Å². The monoisotopic (exact) mass is 720 g/mol. The maximum atomic E-state index is 2.56. The molecule has 1 atom stereocenters. The van der Waals surface area contributed by atoms with E-state index in [0.29, 0.717) is 0 Å². The van der Waals surface area contributed by atoms with Crippen molar-refractivity contribution < 1.29 is 0 Å². The van der Waals surface area contributed by atoms with E-state index in [9.17, 15) is 0 Å². The summed E-state index contributed by atoms with van der Waals surface area (Å²) in [5.41, 5.74) is 18.5. The minimum Gasteiger partial charge on any atom is -0.310 e. The van der Waals surface area contributed by atoms with Crippen LogP contribution in [0.1, 0.15) is 60.1 Å². The second-order valence-corrected chi connectivity index (χ2v) is 16.5. The number of para-hydroxylation sites is 2. The average molecular weight is 721 g/mol. The van der Waals surface area contributed by atoms with Gasteiger partial charge in [-0.2, -0.15) is 0 Å². The number of hydrogen-bond donors (Lipinski definition) is 0. The van der Waals surface area contributed by atoms with Crippen molar-refractivity contribution in [2.45, 2.75) is 50.4 Å². The average Bonchev–Trinajstić information content (AvgIpc) is 3.88. The van der Waals surface area contributed by atoms with E-state index >= 15 is 0 Å². The van der Waals surface area contributed by atoms with Crippen LogP contribution < -0.4 is 9.80 Å². The van der Waals surface area contributed by atoms with Crippen LogP contribution in [0.5, 0.6) is 0 Å². The summed E-state index contributed by atoms with van der Waals surface area (Å²) in [4.78, 5) is 4.95. The molecule has 3 aliphatic rings. The van der Waals surface area contributed by atoms with E-state index in [1.807, 2.05) is 0 Å². The molecule has 8 aromatic carbocycles. The summed E-state index contributed by atoms with van der Waals surface area (Å²) in [7, 11) is 0. The van der Waals surface area contributed by atoms with Crippen LogP contribution in [0.4, 0.5) is 34.1 Å². The second-order valence-electron chi connectivity index (χ2n) is 16.5. The Bertz CT molecular complexity index is 2750. The minimum absolute atomic E-state index is 0.0261. The molecule has 1 spiro atoms. The Morgan fingerprint density at radius 3 is 1.59 bits per heavy atom. The molecule has 0 N–H and O–H groups in total. The van der Waals surface area contributed by atoms with Gasteiger partial charge in [0.25, 0.3) is 0 Å².